The van der Waals surface area contributed by atoms with Gasteiger partial charge in [0.1, 0.15) is 13.2 Å². The van der Waals surface area contributed by atoms with Crippen molar-refractivity contribution in [1.29, 1.82) is 0 Å². The van der Waals surface area contributed by atoms with Crippen LogP contribution in [0.1, 0.15) is 272 Å². The molecule has 0 radical (unpaired) electrons. The molecule has 0 saturated heterocycles. The number of hydrogen-bond acceptors (Lipinski definition) is 6. The van der Waals surface area contributed by atoms with E-state index in [9.17, 15) is 14.4 Å². The lowest BCUT2D eigenvalue weighted by Crippen LogP contribution is -2.30. The minimum atomic E-state index is -0.761. The van der Waals surface area contributed by atoms with Crippen molar-refractivity contribution >= 4 is 17.9 Å². The second kappa shape index (κ2) is 43.0. The van der Waals surface area contributed by atoms with E-state index in [0.29, 0.717) is 19.3 Å². The van der Waals surface area contributed by atoms with Gasteiger partial charge < -0.3 is 14.2 Å². The van der Waals surface area contributed by atoms with Gasteiger partial charge in [0.15, 0.2) is 6.10 Å². The molecule has 0 aromatic carbocycles. The van der Waals surface area contributed by atoms with Gasteiger partial charge in [0, 0.05) is 19.3 Å². The van der Waals surface area contributed by atoms with Crippen molar-refractivity contribution in [3.63, 3.8) is 0 Å². The molecule has 56 heavy (non-hydrogen) atoms. The van der Waals surface area contributed by atoms with E-state index in [1.54, 1.807) is 0 Å². The first-order chi connectivity index (χ1) is 27.2. The molecule has 6 heteroatoms. The van der Waals surface area contributed by atoms with Crippen molar-refractivity contribution in [2.24, 2.45) is 11.8 Å². The minimum Gasteiger partial charge on any atom is -0.462 e. The Kier molecular flexibility index (Phi) is 41.8. The topological polar surface area (TPSA) is 78.9 Å². The molecule has 0 aromatic rings. The van der Waals surface area contributed by atoms with E-state index in [-0.39, 0.29) is 31.1 Å². The molecular formula is C50H96O6. The maximum absolute atomic E-state index is 12.7. The highest BCUT2D eigenvalue weighted by atomic mass is 16.6. The fraction of sp³-hybridized carbons (Fsp3) is 0.940. The zero-order valence-electron chi connectivity index (χ0n) is 38.3. The van der Waals surface area contributed by atoms with Crippen LogP contribution < -0.4 is 0 Å². The molecule has 0 rings (SSSR count). The smallest absolute Gasteiger partial charge is 0.306 e. The molecule has 1 atom stereocenters. The van der Waals surface area contributed by atoms with E-state index in [0.717, 1.165) is 69.6 Å². The van der Waals surface area contributed by atoms with Crippen molar-refractivity contribution in [2.75, 3.05) is 13.2 Å². The van der Waals surface area contributed by atoms with Gasteiger partial charge in [-0.1, -0.05) is 234 Å². The summed E-state index contributed by atoms with van der Waals surface area (Å²) in [6.07, 6.45) is 42.4. The third kappa shape index (κ3) is 43.5. The molecule has 6 nitrogen and oxygen atoms in total. The Labute approximate surface area is 348 Å². The number of hydrogen-bond donors (Lipinski definition) is 0. The summed E-state index contributed by atoms with van der Waals surface area (Å²) in [5, 5.41) is 0. The summed E-state index contributed by atoms with van der Waals surface area (Å²) in [4.78, 5) is 37.8. The minimum absolute atomic E-state index is 0.0648. The summed E-state index contributed by atoms with van der Waals surface area (Å²) in [6.45, 7) is 11.3. The standard InChI is InChI=1S/C50H96O6/c1-6-7-8-9-10-11-12-13-14-15-18-21-24-30-35-40-48(51)54-43-47(44-55-49(52)41-36-31-27-26-29-34-39-46(4)5)56-50(53)42-37-32-25-22-19-16-17-20-23-28-33-38-45(2)3/h45-47H,6-44H2,1-5H3/t47-/m0/s1. The zero-order chi connectivity index (χ0) is 41.2. The van der Waals surface area contributed by atoms with Crippen LogP contribution in [0.5, 0.6) is 0 Å². The summed E-state index contributed by atoms with van der Waals surface area (Å²) in [5.74, 6) is 0.732. The lowest BCUT2D eigenvalue weighted by molar-refractivity contribution is -0.167. The highest BCUT2D eigenvalue weighted by Crippen LogP contribution is 2.17. The number of rotatable bonds is 44. The fourth-order valence-corrected chi connectivity index (χ4v) is 7.46. The van der Waals surface area contributed by atoms with Crippen molar-refractivity contribution < 1.29 is 28.6 Å². The average Bonchev–Trinajstić information content (AvgIpc) is 3.16. The van der Waals surface area contributed by atoms with Crippen LogP contribution in [0.15, 0.2) is 0 Å². The molecule has 0 aliphatic rings. The van der Waals surface area contributed by atoms with Crippen LogP contribution in [0.2, 0.25) is 0 Å². The van der Waals surface area contributed by atoms with E-state index in [4.69, 9.17) is 14.2 Å². The first kappa shape index (κ1) is 54.4. The summed E-state index contributed by atoms with van der Waals surface area (Å²) >= 11 is 0. The lowest BCUT2D eigenvalue weighted by Gasteiger charge is -2.18. The summed E-state index contributed by atoms with van der Waals surface area (Å²) in [5.41, 5.74) is 0. The molecule has 332 valence electrons. The Morgan fingerprint density at radius 2 is 0.589 bits per heavy atom. The summed E-state index contributed by atoms with van der Waals surface area (Å²) in [6, 6.07) is 0. The van der Waals surface area contributed by atoms with E-state index >= 15 is 0 Å². The van der Waals surface area contributed by atoms with Crippen LogP contribution in [-0.2, 0) is 28.6 Å². The molecule has 0 fully saturated rings. The van der Waals surface area contributed by atoms with Crippen LogP contribution >= 0.6 is 0 Å². The van der Waals surface area contributed by atoms with Crippen molar-refractivity contribution in [1.82, 2.24) is 0 Å². The zero-order valence-corrected chi connectivity index (χ0v) is 38.3. The van der Waals surface area contributed by atoms with Gasteiger partial charge in [0.25, 0.3) is 0 Å². The van der Waals surface area contributed by atoms with Crippen molar-refractivity contribution in [2.45, 2.75) is 278 Å². The van der Waals surface area contributed by atoms with Crippen LogP contribution in [0, 0.1) is 11.8 Å². The van der Waals surface area contributed by atoms with E-state index in [1.165, 1.54) is 161 Å². The molecule has 0 N–H and O–H groups in total. The second-order valence-corrected chi connectivity index (χ2v) is 18.1. The van der Waals surface area contributed by atoms with E-state index < -0.39 is 6.10 Å². The first-order valence-electron chi connectivity index (χ1n) is 24.7. The predicted octanol–water partition coefficient (Wildman–Crippen LogP) is 15.8. The van der Waals surface area contributed by atoms with Crippen LogP contribution in [-0.4, -0.2) is 37.2 Å². The maximum Gasteiger partial charge on any atom is 0.306 e. The summed E-state index contributed by atoms with van der Waals surface area (Å²) < 4.78 is 16.8. The normalized spacial score (nSPS) is 12.1. The Morgan fingerprint density at radius 1 is 0.339 bits per heavy atom. The number of unbranched alkanes of at least 4 members (excludes halogenated alkanes) is 29. The third-order valence-electron chi connectivity index (χ3n) is 11.2. The van der Waals surface area contributed by atoms with E-state index in [1.807, 2.05) is 0 Å². The third-order valence-corrected chi connectivity index (χ3v) is 11.2. The van der Waals surface area contributed by atoms with Crippen molar-refractivity contribution in [3.05, 3.63) is 0 Å². The Bertz CT molecular complexity index is 854. The second-order valence-electron chi connectivity index (χ2n) is 18.1. The number of esters is 3. The van der Waals surface area contributed by atoms with Crippen molar-refractivity contribution in [3.8, 4) is 0 Å². The van der Waals surface area contributed by atoms with Gasteiger partial charge in [0.05, 0.1) is 0 Å². The molecule has 0 aliphatic heterocycles. The van der Waals surface area contributed by atoms with Crippen LogP contribution in [0.3, 0.4) is 0 Å². The van der Waals surface area contributed by atoms with Gasteiger partial charge in [-0.15, -0.1) is 0 Å². The highest BCUT2D eigenvalue weighted by Gasteiger charge is 2.19. The predicted molar refractivity (Wildman–Crippen MR) is 238 cm³/mol. The molecule has 0 aromatic heterocycles. The maximum atomic E-state index is 12.7. The fourth-order valence-electron chi connectivity index (χ4n) is 7.46. The average molecular weight is 793 g/mol. The highest BCUT2D eigenvalue weighted by molar-refractivity contribution is 5.71. The molecule has 0 unspecified atom stereocenters. The van der Waals surface area contributed by atoms with Crippen LogP contribution in [0.4, 0.5) is 0 Å². The Balaban J connectivity index is 4.29. The molecule has 0 aliphatic carbocycles. The largest absolute Gasteiger partial charge is 0.462 e. The van der Waals surface area contributed by atoms with Gasteiger partial charge in [0.2, 0.25) is 0 Å². The monoisotopic (exact) mass is 793 g/mol. The molecule has 0 amide bonds. The van der Waals surface area contributed by atoms with Gasteiger partial charge >= 0.3 is 17.9 Å². The molecule has 0 spiro atoms. The Hall–Kier alpha value is -1.59. The molecule has 0 saturated carbocycles. The quantitative estimate of drug-likeness (QED) is 0.0347. The first-order valence-corrected chi connectivity index (χ1v) is 24.7. The number of ether oxygens (including phenoxy) is 3. The summed E-state index contributed by atoms with van der Waals surface area (Å²) in [7, 11) is 0. The van der Waals surface area contributed by atoms with Gasteiger partial charge in [-0.3, -0.25) is 14.4 Å². The molecule has 0 heterocycles. The van der Waals surface area contributed by atoms with Gasteiger partial charge in [-0.05, 0) is 31.1 Å². The molecule has 0 bridgehead atoms. The van der Waals surface area contributed by atoms with Crippen LogP contribution in [0.25, 0.3) is 0 Å². The molecular weight excluding hydrogens is 697 g/mol. The number of carbonyl (C=O) groups is 3. The number of carbonyl (C=O) groups excluding carboxylic acids is 3. The SMILES string of the molecule is CCCCCCCCCCCCCCCCCC(=O)OC[C@@H](COC(=O)CCCCCCCCC(C)C)OC(=O)CCCCCCCCCCCCCC(C)C. The van der Waals surface area contributed by atoms with E-state index in [2.05, 4.69) is 34.6 Å². The lowest BCUT2D eigenvalue weighted by atomic mass is 10.0. The van der Waals surface area contributed by atoms with Gasteiger partial charge in [-0.2, -0.15) is 0 Å². The Morgan fingerprint density at radius 3 is 0.875 bits per heavy atom. The van der Waals surface area contributed by atoms with Gasteiger partial charge in [-0.25, -0.2) is 0 Å².